The molecule has 0 bridgehead atoms. The van der Waals surface area contributed by atoms with E-state index in [-0.39, 0.29) is 0 Å². The lowest BCUT2D eigenvalue weighted by atomic mass is 10.0. The van der Waals surface area contributed by atoms with Crippen LogP contribution in [-0.2, 0) is 0 Å². The van der Waals surface area contributed by atoms with Gasteiger partial charge in [0.25, 0.3) is 0 Å². The average molecular weight is 670 g/mol. The molecule has 11 rings (SSSR count). The van der Waals surface area contributed by atoms with Gasteiger partial charge in [-0.3, -0.25) is 0 Å². The first-order valence-electron chi connectivity index (χ1n) is 17.1. The molecule has 51 heavy (non-hydrogen) atoms. The Balaban J connectivity index is 1.15. The summed E-state index contributed by atoms with van der Waals surface area (Å²) in [6.07, 6.45) is 0. The molecule has 0 saturated heterocycles. The average Bonchev–Trinajstić information content (AvgIpc) is 3.87. The zero-order chi connectivity index (χ0) is 33.5. The standard InChI is InChI=1S/C46H27N3OS/c1-3-12-28(13-4-1)37-27-38(29-14-5-2-6-15-29)48-46(47-37)36-18-11-20-40-43(36)35-23-22-30(26-41(35)50-40)49-39-19-9-7-16-31(39)33-24-25-34-32-17-8-10-21-42(32)51-45(34)44(33)49/h1-27H. The molecule has 0 aliphatic rings. The second kappa shape index (κ2) is 11.0. The summed E-state index contributed by atoms with van der Waals surface area (Å²) in [5.41, 5.74) is 9.90. The maximum Gasteiger partial charge on any atom is 0.161 e. The Morgan fingerprint density at radius 1 is 0.490 bits per heavy atom. The summed E-state index contributed by atoms with van der Waals surface area (Å²) in [6, 6.07) is 57.5. The number of para-hydroxylation sites is 1. The molecule has 7 aromatic carbocycles. The minimum absolute atomic E-state index is 0.669. The molecule has 0 saturated carbocycles. The molecular formula is C46H27N3OS. The van der Waals surface area contributed by atoms with Crippen molar-refractivity contribution in [3.8, 4) is 39.6 Å². The van der Waals surface area contributed by atoms with E-state index in [4.69, 9.17) is 14.4 Å². The van der Waals surface area contributed by atoms with E-state index in [9.17, 15) is 0 Å². The minimum atomic E-state index is 0.669. The fourth-order valence-electron chi connectivity index (χ4n) is 7.72. The van der Waals surface area contributed by atoms with E-state index < -0.39 is 0 Å². The van der Waals surface area contributed by atoms with E-state index in [1.807, 2.05) is 59.9 Å². The predicted octanol–water partition coefficient (Wildman–Crippen LogP) is 12.8. The maximum absolute atomic E-state index is 6.68. The van der Waals surface area contributed by atoms with E-state index in [2.05, 4.69) is 120 Å². The van der Waals surface area contributed by atoms with Gasteiger partial charge < -0.3 is 8.98 Å². The summed E-state index contributed by atoms with van der Waals surface area (Å²) in [5, 5.41) is 7.12. The number of aromatic nitrogens is 3. The van der Waals surface area contributed by atoms with Crippen molar-refractivity contribution >= 4 is 75.3 Å². The summed E-state index contributed by atoms with van der Waals surface area (Å²) in [7, 11) is 0. The third-order valence-corrected chi connectivity index (χ3v) is 11.2. The Morgan fingerprint density at radius 3 is 1.94 bits per heavy atom. The van der Waals surface area contributed by atoms with Crippen LogP contribution < -0.4 is 0 Å². The second-order valence-electron chi connectivity index (χ2n) is 12.9. The third-order valence-electron chi connectivity index (χ3n) is 10.0. The monoisotopic (exact) mass is 669 g/mol. The Bertz CT molecular complexity index is 3080. The summed E-state index contributed by atoms with van der Waals surface area (Å²) in [4.78, 5) is 10.3. The smallest absolute Gasteiger partial charge is 0.161 e. The molecule has 0 atom stereocenters. The normalized spacial score (nSPS) is 11.9. The molecule has 0 aliphatic carbocycles. The Morgan fingerprint density at radius 2 is 1.16 bits per heavy atom. The second-order valence-corrected chi connectivity index (χ2v) is 14.0. The Hall–Kier alpha value is -6.56. The van der Waals surface area contributed by atoms with Crippen molar-refractivity contribution in [1.82, 2.24) is 14.5 Å². The van der Waals surface area contributed by atoms with Gasteiger partial charge in [-0.25, -0.2) is 9.97 Å². The van der Waals surface area contributed by atoms with Crippen LogP contribution in [0.2, 0.25) is 0 Å². The summed E-state index contributed by atoms with van der Waals surface area (Å²) in [5.74, 6) is 0.669. The van der Waals surface area contributed by atoms with Crippen molar-refractivity contribution in [3.63, 3.8) is 0 Å². The maximum atomic E-state index is 6.68. The van der Waals surface area contributed by atoms with Gasteiger partial charge in [0, 0.05) is 65.5 Å². The van der Waals surface area contributed by atoms with Gasteiger partial charge in [0.05, 0.1) is 27.1 Å². The SMILES string of the molecule is c1ccc(-c2cc(-c3ccccc3)nc(-c3cccc4oc5cc(-n6c7ccccc7c7ccc8c9ccccc9sc8c76)ccc5c34)n2)cc1. The van der Waals surface area contributed by atoms with Gasteiger partial charge in [0.15, 0.2) is 5.82 Å². The number of hydrogen-bond acceptors (Lipinski definition) is 4. The number of nitrogens with zero attached hydrogens (tertiary/aromatic N) is 3. The highest BCUT2D eigenvalue weighted by molar-refractivity contribution is 7.26. The van der Waals surface area contributed by atoms with Crippen molar-refractivity contribution in [1.29, 1.82) is 0 Å². The van der Waals surface area contributed by atoms with E-state index in [0.29, 0.717) is 5.82 Å². The number of fused-ring (bicyclic) bond motifs is 10. The molecule has 0 radical (unpaired) electrons. The van der Waals surface area contributed by atoms with Crippen LogP contribution in [0.3, 0.4) is 0 Å². The van der Waals surface area contributed by atoms with Crippen molar-refractivity contribution in [2.75, 3.05) is 0 Å². The fourth-order valence-corrected chi connectivity index (χ4v) is 8.96. The van der Waals surface area contributed by atoms with Gasteiger partial charge >= 0.3 is 0 Å². The highest BCUT2D eigenvalue weighted by Crippen LogP contribution is 2.44. The van der Waals surface area contributed by atoms with Crippen LogP contribution in [-0.4, -0.2) is 14.5 Å². The molecule has 0 aliphatic heterocycles. The summed E-state index contributed by atoms with van der Waals surface area (Å²) < 4.78 is 11.7. The Kier molecular flexibility index (Phi) is 6.09. The van der Waals surface area contributed by atoms with Crippen molar-refractivity contribution in [2.45, 2.75) is 0 Å². The van der Waals surface area contributed by atoms with Gasteiger partial charge in [-0.05, 0) is 36.4 Å². The summed E-state index contributed by atoms with van der Waals surface area (Å²) in [6.45, 7) is 0. The topological polar surface area (TPSA) is 43.9 Å². The largest absolute Gasteiger partial charge is 0.456 e. The first kappa shape index (κ1) is 28.3. The highest BCUT2D eigenvalue weighted by Gasteiger charge is 2.20. The fraction of sp³-hybridized carbons (Fsp3) is 0. The zero-order valence-electron chi connectivity index (χ0n) is 27.2. The molecule has 0 spiro atoms. The first-order chi connectivity index (χ1) is 25.3. The number of rotatable bonds is 4. The number of furan rings is 1. The van der Waals surface area contributed by atoms with Gasteiger partial charge in [-0.1, -0.05) is 121 Å². The van der Waals surface area contributed by atoms with Crippen LogP contribution in [0.4, 0.5) is 0 Å². The first-order valence-corrected chi connectivity index (χ1v) is 17.9. The molecule has 0 unspecified atom stereocenters. The quantitative estimate of drug-likeness (QED) is 0.187. The minimum Gasteiger partial charge on any atom is -0.456 e. The molecule has 0 N–H and O–H groups in total. The van der Waals surface area contributed by atoms with E-state index in [1.165, 1.54) is 42.0 Å². The number of thiophene rings is 1. The molecule has 11 aromatic rings. The molecule has 4 nitrogen and oxygen atoms in total. The zero-order valence-corrected chi connectivity index (χ0v) is 28.1. The molecule has 4 aromatic heterocycles. The van der Waals surface area contributed by atoms with E-state index in [0.717, 1.165) is 55.7 Å². The van der Waals surface area contributed by atoms with Crippen LogP contribution in [0.25, 0.3) is 104 Å². The lowest BCUT2D eigenvalue weighted by molar-refractivity contribution is 0.668. The van der Waals surface area contributed by atoms with E-state index >= 15 is 0 Å². The molecule has 4 heterocycles. The number of hydrogen-bond donors (Lipinski definition) is 0. The van der Waals surface area contributed by atoms with Crippen LogP contribution in [0.15, 0.2) is 168 Å². The molecule has 0 fully saturated rings. The van der Waals surface area contributed by atoms with Gasteiger partial charge in [-0.15, -0.1) is 11.3 Å². The van der Waals surface area contributed by atoms with Gasteiger partial charge in [-0.2, -0.15) is 0 Å². The predicted molar refractivity (Wildman–Crippen MR) is 213 cm³/mol. The van der Waals surface area contributed by atoms with Crippen LogP contribution >= 0.6 is 11.3 Å². The van der Waals surface area contributed by atoms with Crippen LogP contribution in [0.1, 0.15) is 0 Å². The van der Waals surface area contributed by atoms with Crippen molar-refractivity contribution < 1.29 is 4.42 Å². The van der Waals surface area contributed by atoms with Gasteiger partial charge in [0.1, 0.15) is 11.2 Å². The number of benzene rings is 7. The lowest BCUT2D eigenvalue weighted by Crippen LogP contribution is -1.96. The Labute approximate surface area is 296 Å². The molecule has 238 valence electrons. The van der Waals surface area contributed by atoms with Crippen molar-refractivity contribution in [3.05, 3.63) is 164 Å². The van der Waals surface area contributed by atoms with E-state index in [1.54, 1.807) is 0 Å². The van der Waals surface area contributed by atoms with Crippen LogP contribution in [0, 0.1) is 0 Å². The highest BCUT2D eigenvalue weighted by atomic mass is 32.1. The van der Waals surface area contributed by atoms with Gasteiger partial charge in [0.2, 0.25) is 0 Å². The van der Waals surface area contributed by atoms with Crippen molar-refractivity contribution in [2.24, 2.45) is 0 Å². The van der Waals surface area contributed by atoms with Crippen LogP contribution in [0.5, 0.6) is 0 Å². The lowest BCUT2D eigenvalue weighted by Gasteiger charge is -2.10. The molecular weight excluding hydrogens is 643 g/mol. The molecule has 0 amide bonds. The summed E-state index contributed by atoms with van der Waals surface area (Å²) >= 11 is 1.86. The third kappa shape index (κ3) is 4.32. The molecule has 5 heteroatoms.